The van der Waals surface area contributed by atoms with E-state index in [4.69, 9.17) is 4.74 Å². The highest BCUT2D eigenvalue weighted by Crippen LogP contribution is 2.28. The third-order valence-corrected chi connectivity index (χ3v) is 9.09. The Hall–Kier alpha value is -5.31. The van der Waals surface area contributed by atoms with Crippen molar-refractivity contribution in [3.63, 3.8) is 0 Å². The molecule has 1 amide bonds. The molecule has 0 bridgehead atoms. The molecule has 3 atom stereocenters. The van der Waals surface area contributed by atoms with Gasteiger partial charge in [-0.2, -0.15) is 4.98 Å². The van der Waals surface area contributed by atoms with Crippen LogP contribution in [0.5, 0.6) is 0 Å². The molecule has 0 saturated carbocycles. The first-order chi connectivity index (χ1) is 24.1. The van der Waals surface area contributed by atoms with Crippen LogP contribution in [0.25, 0.3) is 22.4 Å². The van der Waals surface area contributed by atoms with E-state index in [9.17, 15) is 18.2 Å². The Labute approximate surface area is 288 Å². The van der Waals surface area contributed by atoms with Crippen molar-refractivity contribution < 1.29 is 26.9 Å². The zero-order valence-electron chi connectivity index (χ0n) is 27.2. The number of rotatable bonds is 10. The van der Waals surface area contributed by atoms with E-state index in [0.717, 1.165) is 11.1 Å². The number of hydrogen-bond acceptors (Lipinski definition) is 8. The minimum atomic E-state index is -1.75. The van der Waals surface area contributed by atoms with Crippen LogP contribution in [-0.2, 0) is 28.1 Å². The van der Waals surface area contributed by atoms with Gasteiger partial charge in [0.25, 0.3) is 5.56 Å². The maximum atomic E-state index is 15.5. The molecule has 0 spiro atoms. The van der Waals surface area contributed by atoms with Gasteiger partial charge in [-0.3, -0.25) is 9.36 Å². The van der Waals surface area contributed by atoms with Crippen LogP contribution in [0.15, 0.2) is 83.8 Å². The maximum absolute atomic E-state index is 15.5. The molecule has 1 aliphatic heterocycles. The highest BCUT2D eigenvalue weighted by molar-refractivity contribution is 7.85. The molecule has 1 fully saturated rings. The van der Waals surface area contributed by atoms with Crippen LogP contribution < -0.4 is 15.6 Å². The molecule has 6 rings (SSSR count). The Bertz CT molecular complexity index is 2090. The molecule has 3 aromatic carbocycles. The molecule has 2 unspecified atom stereocenters. The number of hydrogen-bond donors (Lipinski definition) is 2. The lowest BCUT2D eigenvalue weighted by Crippen LogP contribution is -2.50. The molecular weight excluding hydrogens is 671 g/mol. The van der Waals surface area contributed by atoms with E-state index in [0.29, 0.717) is 0 Å². The molecule has 0 aliphatic carbocycles. The number of amides is 1. The summed E-state index contributed by atoms with van der Waals surface area (Å²) in [6.07, 6.45) is -0.580. The molecule has 1 saturated heterocycles. The van der Waals surface area contributed by atoms with E-state index in [1.165, 1.54) is 27.8 Å². The molecule has 0 radical (unpaired) electrons. The van der Waals surface area contributed by atoms with Crippen molar-refractivity contribution in [2.45, 2.75) is 50.9 Å². The summed E-state index contributed by atoms with van der Waals surface area (Å²) in [6.45, 7) is 3.50. The quantitative estimate of drug-likeness (QED) is 0.177. The monoisotopic (exact) mass is 705 g/mol. The predicted octanol–water partition coefficient (Wildman–Crippen LogP) is 6.15. The Morgan fingerprint density at radius 3 is 2.38 bits per heavy atom. The molecular formula is C35H34F3N7O4S. The Morgan fingerprint density at radius 2 is 1.68 bits per heavy atom. The Morgan fingerprint density at radius 1 is 0.980 bits per heavy atom. The van der Waals surface area contributed by atoms with Crippen LogP contribution in [0.1, 0.15) is 37.4 Å². The van der Waals surface area contributed by atoms with Crippen molar-refractivity contribution in [1.82, 2.24) is 24.4 Å². The molecule has 1 aliphatic rings. The molecule has 2 aromatic heterocycles. The highest BCUT2D eigenvalue weighted by atomic mass is 32.2. The Kier molecular flexibility index (Phi) is 10.4. The second kappa shape index (κ2) is 15.1. The summed E-state index contributed by atoms with van der Waals surface area (Å²) in [5.41, 5.74) is -0.00436. The van der Waals surface area contributed by atoms with E-state index >= 15 is 8.78 Å². The predicted molar refractivity (Wildman–Crippen MR) is 184 cm³/mol. The molecule has 5 aromatic rings. The van der Waals surface area contributed by atoms with Gasteiger partial charge in [-0.25, -0.2) is 32.1 Å². The summed E-state index contributed by atoms with van der Waals surface area (Å²) in [5, 5.41) is 3.05. The normalized spacial score (nSPS) is 16.7. The first kappa shape index (κ1) is 34.5. The van der Waals surface area contributed by atoms with E-state index in [1.54, 1.807) is 38.1 Å². The smallest absolute Gasteiger partial charge is 0.410 e. The lowest BCUT2D eigenvalue weighted by molar-refractivity contribution is 0.0685. The summed E-state index contributed by atoms with van der Waals surface area (Å²) < 4.78 is 67.3. The third kappa shape index (κ3) is 7.77. The highest BCUT2D eigenvalue weighted by Gasteiger charge is 2.32. The van der Waals surface area contributed by atoms with Gasteiger partial charge in [0, 0.05) is 30.6 Å². The lowest BCUT2D eigenvalue weighted by atomic mass is 10.0. The number of carbonyl (C=O) groups excluding carboxylic acids is 1. The fraction of sp³-hybridized carbons (Fsp3) is 0.286. The molecule has 11 nitrogen and oxygen atoms in total. The standard InChI is InChI=1S/C35H34F3N7O4S/c1-21(2)45-32-28(16-39-34(42-32)40-25-15-24(36)17-44(18-25)35(47)49-19-22-9-5-3-6-10-22)41-31(33(45)46)26-13-14-27(30(38)29(26)37)43-50(48)20-23-11-7-4-8-12-23/h3-14,16,21,24-25,43H,15,17-20H2,1-2H3,(H,39,40,42)/t24?,25-,50?/m0/s1. The van der Waals surface area contributed by atoms with Crippen LogP contribution in [0.4, 0.5) is 29.6 Å². The summed E-state index contributed by atoms with van der Waals surface area (Å²) in [4.78, 5) is 40.8. The number of fused-ring (bicyclic) bond motifs is 1. The zero-order valence-corrected chi connectivity index (χ0v) is 28.0. The van der Waals surface area contributed by atoms with Gasteiger partial charge < -0.3 is 19.7 Å². The van der Waals surface area contributed by atoms with E-state index < -0.39 is 52.5 Å². The fourth-order valence-corrected chi connectivity index (χ4v) is 6.68. The van der Waals surface area contributed by atoms with E-state index in [-0.39, 0.29) is 65.9 Å². The SMILES string of the molecule is CC(C)n1c(=O)c(-c2ccc(NS(=O)Cc3ccccc3)c(F)c2F)nc2cnc(N[C@H]3CC(F)CN(C(=O)OCc4ccccc4)C3)nc21. The number of alkyl halides is 1. The first-order valence-corrected chi connectivity index (χ1v) is 17.2. The first-order valence-electron chi connectivity index (χ1n) is 15.9. The van der Waals surface area contributed by atoms with Gasteiger partial charge in [-0.05, 0) is 37.1 Å². The summed E-state index contributed by atoms with van der Waals surface area (Å²) in [5.74, 6) is -2.52. The fourth-order valence-electron chi connectivity index (χ4n) is 5.71. The lowest BCUT2D eigenvalue weighted by Gasteiger charge is -2.34. The summed E-state index contributed by atoms with van der Waals surface area (Å²) in [7, 11) is -1.75. The van der Waals surface area contributed by atoms with Crippen molar-refractivity contribution in [2.75, 3.05) is 23.1 Å². The number of aromatic nitrogens is 4. The minimum Gasteiger partial charge on any atom is -0.445 e. The van der Waals surface area contributed by atoms with Crippen LogP contribution >= 0.6 is 0 Å². The van der Waals surface area contributed by atoms with Gasteiger partial charge in [0.05, 0.1) is 24.2 Å². The second-order valence-electron chi connectivity index (χ2n) is 12.1. The largest absolute Gasteiger partial charge is 0.445 e. The molecule has 15 heteroatoms. The third-order valence-electron chi connectivity index (χ3n) is 8.05. The van der Waals surface area contributed by atoms with Crippen LogP contribution in [0.2, 0.25) is 0 Å². The molecule has 2 N–H and O–H groups in total. The maximum Gasteiger partial charge on any atom is 0.410 e. The second-order valence-corrected chi connectivity index (χ2v) is 13.3. The van der Waals surface area contributed by atoms with E-state index in [2.05, 4.69) is 25.0 Å². The van der Waals surface area contributed by atoms with Crippen molar-refractivity contribution in [3.8, 4) is 11.3 Å². The number of ether oxygens (including phenoxy) is 1. The van der Waals surface area contributed by atoms with Gasteiger partial charge in [-0.15, -0.1) is 0 Å². The zero-order chi connectivity index (χ0) is 35.4. The van der Waals surface area contributed by atoms with E-state index in [1.807, 2.05) is 36.4 Å². The van der Waals surface area contributed by atoms with Crippen LogP contribution in [0.3, 0.4) is 0 Å². The molecule has 50 heavy (non-hydrogen) atoms. The van der Waals surface area contributed by atoms with Crippen LogP contribution in [-0.4, -0.2) is 60.0 Å². The summed E-state index contributed by atoms with van der Waals surface area (Å²) >= 11 is 0. The number of carbonyl (C=O) groups is 1. The topological polar surface area (TPSA) is 131 Å². The number of benzene rings is 3. The average molecular weight is 706 g/mol. The van der Waals surface area contributed by atoms with Gasteiger partial charge in [0.2, 0.25) is 5.95 Å². The molecule has 260 valence electrons. The van der Waals surface area contributed by atoms with Crippen molar-refractivity contribution in [3.05, 3.63) is 112 Å². The number of likely N-dealkylation sites (tertiary alicyclic amines) is 1. The Balaban J connectivity index is 1.22. The van der Waals surface area contributed by atoms with Gasteiger partial charge >= 0.3 is 6.09 Å². The van der Waals surface area contributed by atoms with Crippen LogP contribution in [0, 0.1) is 11.6 Å². The molecule has 3 heterocycles. The van der Waals surface area contributed by atoms with Crippen molar-refractivity contribution in [1.29, 1.82) is 0 Å². The summed E-state index contributed by atoms with van der Waals surface area (Å²) in [6, 6.07) is 19.4. The van der Waals surface area contributed by atoms with Crippen molar-refractivity contribution >= 4 is 39.9 Å². The van der Waals surface area contributed by atoms with Gasteiger partial charge in [-0.1, -0.05) is 60.7 Å². The minimum absolute atomic E-state index is 0.0496. The number of halogens is 3. The number of nitrogens with zero attached hydrogens (tertiary/aromatic N) is 5. The van der Waals surface area contributed by atoms with Gasteiger partial charge in [0.1, 0.15) is 35.0 Å². The number of piperidine rings is 1. The van der Waals surface area contributed by atoms with Gasteiger partial charge in [0.15, 0.2) is 17.3 Å². The number of anilines is 2. The number of nitrogens with one attached hydrogen (secondary N) is 2. The van der Waals surface area contributed by atoms with Crippen molar-refractivity contribution in [2.24, 2.45) is 0 Å². The average Bonchev–Trinajstić information content (AvgIpc) is 3.09.